The highest BCUT2D eigenvalue weighted by Crippen LogP contribution is 2.27. The summed E-state index contributed by atoms with van der Waals surface area (Å²) in [5, 5.41) is 3.27. The highest BCUT2D eigenvalue weighted by molar-refractivity contribution is 5.87. The number of hydrogen-bond acceptors (Lipinski definition) is 2. The third-order valence-corrected chi connectivity index (χ3v) is 5.76. The summed E-state index contributed by atoms with van der Waals surface area (Å²) in [7, 11) is 0. The molecule has 1 unspecified atom stereocenters. The maximum absolute atomic E-state index is 13.4. The van der Waals surface area contributed by atoms with Crippen molar-refractivity contribution in [2.45, 2.75) is 24.8 Å². The van der Waals surface area contributed by atoms with Gasteiger partial charge in [-0.15, -0.1) is 0 Å². The van der Waals surface area contributed by atoms with Gasteiger partial charge in [-0.05, 0) is 42.6 Å². The van der Waals surface area contributed by atoms with Gasteiger partial charge in [-0.25, -0.2) is 0 Å². The number of likely N-dealkylation sites (tertiary alicyclic amines) is 1. The van der Waals surface area contributed by atoms with Crippen molar-refractivity contribution in [1.82, 2.24) is 10.2 Å². The second kappa shape index (κ2) is 9.53. The van der Waals surface area contributed by atoms with Gasteiger partial charge < -0.3 is 5.32 Å². The monoisotopic (exact) mass is 384 g/mol. The summed E-state index contributed by atoms with van der Waals surface area (Å²) in [4.78, 5) is 15.9. The molecule has 0 aliphatic carbocycles. The molecule has 4 rings (SSSR count). The lowest BCUT2D eigenvalue weighted by molar-refractivity contribution is -0.121. The standard InChI is InChI=1S/C26H28N2O/c29-26(25(22-14-6-2-7-15-22)23-16-8-3-9-17-23)27-20-24(28-18-10-11-19-28)21-12-4-1-5-13-21/h1-9,12-17,24-25H,10-11,18-20H2,(H,27,29). The first-order valence-corrected chi connectivity index (χ1v) is 10.5. The van der Waals surface area contributed by atoms with E-state index in [0.717, 1.165) is 24.2 Å². The molecule has 3 nitrogen and oxygen atoms in total. The molecule has 0 radical (unpaired) electrons. The lowest BCUT2D eigenvalue weighted by Gasteiger charge is -2.29. The molecule has 1 N–H and O–H groups in total. The van der Waals surface area contributed by atoms with Crippen molar-refractivity contribution in [3.63, 3.8) is 0 Å². The van der Waals surface area contributed by atoms with E-state index in [2.05, 4.69) is 34.5 Å². The minimum Gasteiger partial charge on any atom is -0.353 e. The Balaban J connectivity index is 1.55. The number of carbonyl (C=O) groups is 1. The Morgan fingerprint density at radius 1 is 0.724 bits per heavy atom. The highest BCUT2D eigenvalue weighted by atomic mass is 16.1. The maximum atomic E-state index is 13.4. The molecule has 0 spiro atoms. The fourth-order valence-electron chi connectivity index (χ4n) is 4.27. The summed E-state index contributed by atoms with van der Waals surface area (Å²) < 4.78 is 0. The van der Waals surface area contributed by atoms with Gasteiger partial charge in [0.05, 0.1) is 12.0 Å². The van der Waals surface area contributed by atoms with Crippen molar-refractivity contribution in [2.75, 3.05) is 19.6 Å². The smallest absolute Gasteiger partial charge is 0.232 e. The first-order valence-electron chi connectivity index (χ1n) is 10.5. The van der Waals surface area contributed by atoms with Crippen LogP contribution in [-0.2, 0) is 4.79 Å². The molecule has 1 heterocycles. The van der Waals surface area contributed by atoms with Gasteiger partial charge in [-0.1, -0.05) is 91.0 Å². The van der Waals surface area contributed by atoms with E-state index >= 15 is 0 Å². The van der Waals surface area contributed by atoms with E-state index in [1.165, 1.54) is 18.4 Å². The van der Waals surface area contributed by atoms with Crippen LogP contribution in [0, 0.1) is 0 Å². The number of hydrogen-bond donors (Lipinski definition) is 1. The van der Waals surface area contributed by atoms with E-state index in [1.54, 1.807) is 0 Å². The van der Waals surface area contributed by atoms with Gasteiger partial charge in [-0.3, -0.25) is 9.69 Å². The maximum Gasteiger partial charge on any atom is 0.232 e. The van der Waals surface area contributed by atoms with Crippen LogP contribution in [0.4, 0.5) is 0 Å². The van der Waals surface area contributed by atoms with Crippen LogP contribution in [0.1, 0.15) is 41.5 Å². The Morgan fingerprint density at radius 3 is 1.66 bits per heavy atom. The molecule has 1 fully saturated rings. The predicted molar refractivity (Wildman–Crippen MR) is 118 cm³/mol. The van der Waals surface area contributed by atoms with Crippen LogP contribution < -0.4 is 5.32 Å². The van der Waals surface area contributed by atoms with E-state index < -0.39 is 0 Å². The van der Waals surface area contributed by atoms with Crippen LogP contribution in [0.3, 0.4) is 0 Å². The second-order valence-electron chi connectivity index (χ2n) is 7.67. The fraction of sp³-hybridized carbons (Fsp3) is 0.269. The molecule has 1 amide bonds. The summed E-state index contributed by atoms with van der Waals surface area (Å²) in [6, 6.07) is 30.9. The molecule has 1 saturated heterocycles. The zero-order valence-corrected chi connectivity index (χ0v) is 16.7. The topological polar surface area (TPSA) is 32.3 Å². The van der Waals surface area contributed by atoms with E-state index in [0.29, 0.717) is 6.54 Å². The zero-order valence-electron chi connectivity index (χ0n) is 16.7. The van der Waals surface area contributed by atoms with Crippen molar-refractivity contribution in [1.29, 1.82) is 0 Å². The minimum absolute atomic E-state index is 0.0579. The molecule has 0 bridgehead atoms. The average molecular weight is 385 g/mol. The third kappa shape index (κ3) is 4.75. The Morgan fingerprint density at radius 2 is 1.17 bits per heavy atom. The molecule has 1 aliphatic rings. The SMILES string of the molecule is O=C(NCC(c1ccccc1)N1CCCC1)C(c1ccccc1)c1ccccc1. The number of nitrogens with one attached hydrogen (secondary N) is 1. The molecule has 1 aliphatic heterocycles. The Bertz CT molecular complexity index is 850. The lowest BCUT2D eigenvalue weighted by atomic mass is 9.90. The first-order chi connectivity index (χ1) is 14.3. The Hall–Kier alpha value is -2.91. The third-order valence-electron chi connectivity index (χ3n) is 5.76. The van der Waals surface area contributed by atoms with Crippen LogP contribution in [0.25, 0.3) is 0 Å². The number of benzene rings is 3. The van der Waals surface area contributed by atoms with Crippen LogP contribution in [-0.4, -0.2) is 30.4 Å². The largest absolute Gasteiger partial charge is 0.353 e. The minimum atomic E-state index is -0.299. The number of carbonyl (C=O) groups excluding carboxylic acids is 1. The van der Waals surface area contributed by atoms with E-state index in [-0.39, 0.29) is 17.9 Å². The van der Waals surface area contributed by atoms with Crippen molar-refractivity contribution < 1.29 is 4.79 Å². The molecule has 3 heteroatoms. The van der Waals surface area contributed by atoms with Gasteiger partial charge in [0.25, 0.3) is 0 Å². The van der Waals surface area contributed by atoms with Crippen LogP contribution >= 0.6 is 0 Å². The van der Waals surface area contributed by atoms with Gasteiger partial charge in [0.1, 0.15) is 0 Å². The van der Waals surface area contributed by atoms with Crippen LogP contribution in [0.2, 0.25) is 0 Å². The van der Waals surface area contributed by atoms with Gasteiger partial charge in [0.15, 0.2) is 0 Å². The molecule has 148 valence electrons. The van der Waals surface area contributed by atoms with Crippen molar-refractivity contribution in [3.8, 4) is 0 Å². The van der Waals surface area contributed by atoms with Gasteiger partial charge in [0, 0.05) is 6.54 Å². The number of nitrogens with zero attached hydrogens (tertiary/aromatic N) is 1. The van der Waals surface area contributed by atoms with Gasteiger partial charge in [0.2, 0.25) is 5.91 Å². The van der Waals surface area contributed by atoms with E-state index in [1.807, 2.05) is 66.7 Å². The van der Waals surface area contributed by atoms with Crippen LogP contribution in [0.5, 0.6) is 0 Å². The molecule has 29 heavy (non-hydrogen) atoms. The molecular formula is C26H28N2O. The molecule has 0 aromatic heterocycles. The molecule has 1 atom stereocenters. The Kier molecular flexibility index (Phi) is 6.38. The van der Waals surface area contributed by atoms with Crippen molar-refractivity contribution in [3.05, 3.63) is 108 Å². The summed E-state index contributed by atoms with van der Waals surface area (Å²) in [6.07, 6.45) is 2.46. The predicted octanol–water partition coefficient (Wildman–Crippen LogP) is 4.77. The molecule has 3 aromatic carbocycles. The van der Waals surface area contributed by atoms with Gasteiger partial charge in [-0.2, -0.15) is 0 Å². The fourth-order valence-corrected chi connectivity index (χ4v) is 4.27. The molecule has 0 saturated carbocycles. The van der Waals surface area contributed by atoms with Crippen LogP contribution in [0.15, 0.2) is 91.0 Å². The summed E-state index contributed by atoms with van der Waals surface area (Å²) >= 11 is 0. The second-order valence-corrected chi connectivity index (χ2v) is 7.67. The highest BCUT2D eigenvalue weighted by Gasteiger charge is 2.27. The first kappa shape index (κ1) is 19.4. The normalized spacial score (nSPS) is 15.3. The summed E-state index contributed by atoms with van der Waals surface area (Å²) in [5.41, 5.74) is 3.31. The molecule has 3 aromatic rings. The van der Waals surface area contributed by atoms with Gasteiger partial charge >= 0.3 is 0 Å². The quantitative estimate of drug-likeness (QED) is 0.636. The van der Waals surface area contributed by atoms with Crippen molar-refractivity contribution >= 4 is 5.91 Å². The number of rotatable bonds is 7. The Labute approximate surface area is 173 Å². The zero-order chi connectivity index (χ0) is 19.9. The number of amides is 1. The molecular weight excluding hydrogens is 356 g/mol. The average Bonchev–Trinajstić information content (AvgIpc) is 3.31. The van der Waals surface area contributed by atoms with E-state index in [9.17, 15) is 4.79 Å². The summed E-state index contributed by atoms with van der Waals surface area (Å²) in [6.45, 7) is 2.81. The van der Waals surface area contributed by atoms with Crippen molar-refractivity contribution in [2.24, 2.45) is 0 Å². The lowest BCUT2D eigenvalue weighted by Crippen LogP contribution is -2.39. The van der Waals surface area contributed by atoms with E-state index in [4.69, 9.17) is 0 Å². The summed E-state index contributed by atoms with van der Waals surface area (Å²) in [5.74, 6) is -0.241.